The Morgan fingerprint density at radius 2 is 1.65 bits per heavy atom. The van der Waals surface area contributed by atoms with Crippen LogP contribution < -0.4 is 16.4 Å². The molecule has 16 heteroatoms. The minimum atomic E-state index is -4.30. The van der Waals surface area contributed by atoms with Crippen LogP contribution in [0.15, 0.2) is 59.8 Å². The lowest BCUT2D eigenvalue weighted by Crippen LogP contribution is -2.58. The molecule has 1 unspecified atom stereocenters. The van der Waals surface area contributed by atoms with E-state index in [0.717, 1.165) is 4.31 Å². The molecule has 3 aromatic rings. The van der Waals surface area contributed by atoms with Crippen molar-refractivity contribution in [3.63, 3.8) is 0 Å². The number of pyridine rings is 1. The highest BCUT2D eigenvalue weighted by Gasteiger charge is 2.53. The molecule has 2 amide bonds. The second kappa shape index (κ2) is 12.9. The fraction of sp³-hybridized carbons (Fsp3) is 0.259. The molecule has 1 aliphatic rings. The molecule has 43 heavy (non-hydrogen) atoms. The zero-order chi connectivity index (χ0) is 31.7. The standard InChI is InChI=1S/C27H25Cl4N5O6S/c1-27(10-17(32)13-36(27)43(41,42)19-8-15(28)7-16(29)9-19)26(40)35-22(25(38)39)6-14-2-4-18(5-3-14)34-24(37)23-20(30)11-33-12-21(23)31/h2-5,7-9,11-12,17,22H,6,10,13,32H2,1H3,(H,34,37)(H,35,40)(H,38,39)/t17-,22+,27?/m1/s1. The van der Waals surface area contributed by atoms with Gasteiger partial charge in [-0.2, -0.15) is 4.31 Å². The second-order valence-corrected chi connectivity index (χ2v) is 13.6. The number of nitrogens with one attached hydrogen (secondary N) is 2. The molecule has 4 rings (SSSR count). The van der Waals surface area contributed by atoms with Crippen molar-refractivity contribution < 1.29 is 27.9 Å². The van der Waals surface area contributed by atoms with Crippen molar-refractivity contribution >= 4 is 79.9 Å². The van der Waals surface area contributed by atoms with Crippen LogP contribution in [0, 0.1) is 0 Å². The van der Waals surface area contributed by atoms with Crippen molar-refractivity contribution in [2.75, 3.05) is 11.9 Å². The Labute approximate surface area is 267 Å². The Kier molecular flexibility index (Phi) is 9.92. The highest BCUT2D eigenvalue weighted by atomic mass is 35.5. The molecule has 2 heterocycles. The number of carbonyl (C=O) groups is 3. The lowest BCUT2D eigenvalue weighted by atomic mass is 9.96. The van der Waals surface area contributed by atoms with Gasteiger partial charge in [0.1, 0.15) is 11.6 Å². The van der Waals surface area contributed by atoms with Crippen LogP contribution in [0.5, 0.6) is 0 Å². The van der Waals surface area contributed by atoms with Crippen molar-refractivity contribution in [3.05, 3.63) is 86.1 Å². The first-order valence-electron chi connectivity index (χ1n) is 12.6. The summed E-state index contributed by atoms with van der Waals surface area (Å²) >= 11 is 24.1. The highest BCUT2D eigenvalue weighted by molar-refractivity contribution is 7.89. The molecule has 0 radical (unpaired) electrons. The van der Waals surface area contributed by atoms with Gasteiger partial charge in [-0.25, -0.2) is 13.2 Å². The van der Waals surface area contributed by atoms with Crippen LogP contribution in [0.1, 0.15) is 29.3 Å². The van der Waals surface area contributed by atoms with E-state index in [-0.39, 0.29) is 49.9 Å². The number of benzene rings is 2. The van der Waals surface area contributed by atoms with Crippen molar-refractivity contribution in [2.24, 2.45) is 5.73 Å². The van der Waals surface area contributed by atoms with Crippen LogP contribution in [-0.4, -0.2) is 64.8 Å². The molecular weight excluding hydrogens is 664 g/mol. The number of nitrogens with zero attached hydrogens (tertiary/aromatic N) is 2. The average Bonchev–Trinajstić information content (AvgIpc) is 3.24. The molecule has 228 valence electrons. The summed E-state index contributed by atoms with van der Waals surface area (Å²) < 4.78 is 28.1. The minimum absolute atomic E-state index is 0.0470. The van der Waals surface area contributed by atoms with Crippen LogP contribution >= 0.6 is 46.4 Å². The van der Waals surface area contributed by atoms with E-state index in [9.17, 15) is 27.9 Å². The maximum Gasteiger partial charge on any atom is 0.326 e. The summed E-state index contributed by atoms with van der Waals surface area (Å²) in [5.41, 5.74) is 5.32. The zero-order valence-corrected chi connectivity index (χ0v) is 26.2. The zero-order valence-electron chi connectivity index (χ0n) is 22.4. The fourth-order valence-corrected chi connectivity index (χ4v) is 7.83. The fourth-order valence-electron chi connectivity index (χ4n) is 4.76. The normalized spacial score (nSPS) is 19.5. The van der Waals surface area contributed by atoms with Gasteiger partial charge in [0.15, 0.2) is 0 Å². The van der Waals surface area contributed by atoms with Crippen molar-refractivity contribution in [1.29, 1.82) is 0 Å². The number of carboxylic acids is 1. The molecule has 1 fully saturated rings. The highest BCUT2D eigenvalue weighted by Crippen LogP contribution is 2.36. The van der Waals surface area contributed by atoms with Gasteiger partial charge in [0.2, 0.25) is 15.9 Å². The maximum atomic E-state index is 13.6. The summed E-state index contributed by atoms with van der Waals surface area (Å²) in [6.45, 7) is 1.20. The topological polar surface area (TPSA) is 172 Å². The third kappa shape index (κ3) is 7.23. The Bertz CT molecular complexity index is 1650. The smallest absolute Gasteiger partial charge is 0.326 e. The molecule has 2 aromatic carbocycles. The number of amides is 2. The summed E-state index contributed by atoms with van der Waals surface area (Å²) in [7, 11) is -4.30. The van der Waals surface area contributed by atoms with E-state index in [1.54, 1.807) is 24.3 Å². The summed E-state index contributed by atoms with van der Waals surface area (Å²) in [6.07, 6.45) is 2.37. The monoisotopic (exact) mass is 687 g/mol. The third-order valence-corrected chi connectivity index (χ3v) is 9.83. The Morgan fingerprint density at radius 1 is 1.07 bits per heavy atom. The largest absolute Gasteiger partial charge is 0.480 e. The van der Waals surface area contributed by atoms with Gasteiger partial charge >= 0.3 is 5.97 Å². The third-order valence-electron chi connectivity index (χ3n) is 6.86. The van der Waals surface area contributed by atoms with E-state index >= 15 is 0 Å². The summed E-state index contributed by atoms with van der Waals surface area (Å²) in [5.74, 6) is -2.74. The molecule has 0 aliphatic carbocycles. The van der Waals surface area contributed by atoms with E-state index in [2.05, 4.69) is 15.6 Å². The van der Waals surface area contributed by atoms with E-state index < -0.39 is 45.4 Å². The number of aromatic nitrogens is 1. The molecule has 3 atom stereocenters. The van der Waals surface area contributed by atoms with Crippen LogP contribution in [-0.2, 0) is 26.0 Å². The number of carboxylic acid groups (broad SMARTS) is 1. The van der Waals surface area contributed by atoms with Crippen LogP contribution in [0.4, 0.5) is 5.69 Å². The molecule has 5 N–H and O–H groups in total. The van der Waals surface area contributed by atoms with E-state index in [1.807, 2.05) is 0 Å². The Balaban J connectivity index is 1.50. The van der Waals surface area contributed by atoms with Gasteiger partial charge in [0.05, 0.1) is 20.5 Å². The van der Waals surface area contributed by atoms with E-state index in [1.165, 1.54) is 37.5 Å². The molecule has 11 nitrogen and oxygen atoms in total. The average molecular weight is 689 g/mol. The summed E-state index contributed by atoms with van der Waals surface area (Å²) in [4.78, 5) is 41.9. The van der Waals surface area contributed by atoms with Gasteiger partial charge in [-0.05, 0) is 49.2 Å². The predicted octanol–water partition coefficient (Wildman–Crippen LogP) is 4.24. The second-order valence-electron chi connectivity index (χ2n) is 10.1. The van der Waals surface area contributed by atoms with Crippen LogP contribution in [0.2, 0.25) is 20.1 Å². The number of halogens is 4. The quantitative estimate of drug-likeness (QED) is 0.259. The molecule has 1 aromatic heterocycles. The molecule has 1 aliphatic heterocycles. The predicted molar refractivity (Wildman–Crippen MR) is 163 cm³/mol. The van der Waals surface area contributed by atoms with Crippen LogP contribution in [0.3, 0.4) is 0 Å². The van der Waals surface area contributed by atoms with Crippen molar-refractivity contribution in [2.45, 2.75) is 42.3 Å². The van der Waals surface area contributed by atoms with Gasteiger partial charge in [-0.15, -0.1) is 0 Å². The summed E-state index contributed by atoms with van der Waals surface area (Å²) in [5, 5.41) is 15.3. The first-order chi connectivity index (χ1) is 20.1. The van der Waals surface area contributed by atoms with Gasteiger partial charge in [0.25, 0.3) is 5.91 Å². The lowest BCUT2D eigenvalue weighted by Gasteiger charge is -2.33. The number of hydrogen-bond acceptors (Lipinski definition) is 7. The number of anilines is 1. The van der Waals surface area contributed by atoms with E-state index in [4.69, 9.17) is 52.1 Å². The first kappa shape index (κ1) is 32.9. The minimum Gasteiger partial charge on any atom is -0.480 e. The Morgan fingerprint density at radius 3 is 2.21 bits per heavy atom. The Hall–Kier alpha value is -2.97. The van der Waals surface area contributed by atoms with Gasteiger partial charge in [-0.1, -0.05) is 58.5 Å². The molecule has 1 saturated heterocycles. The first-order valence-corrected chi connectivity index (χ1v) is 15.5. The molecular formula is C27H25Cl4N5O6S. The van der Waals surface area contributed by atoms with Gasteiger partial charge in [-0.3, -0.25) is 14.6 Å². The number of nitrogens with two attached hydrogens (primary N) is 1. The number of sulfonamides is 1. The van der Waals surface area contributed by atoms with E-state index in [0.29, 0.717) is 11.3 Å². The number of carbonyl (C=O) groups excluding carboxylic acids is 2. The van der Waals surface area contributed by atoms with Crippen LogP contribution in [0.25, 0.3) is 0 Å². The number of aliphatic carboxylic acids is 1. The number of hydrogen-bond donors (Lipinski definition) is 4. The molecule has 0 saturated carbocycles. The molecule has 0 spiro atoms. The lowest BCUT2D eigenvalue weighted by molar-refractivity contribution is -0.143. The van der Waals surface area contributed by atoms with Crippen molar-refractivity contribution in [3.8, 4) is 0 Å². The number of rotatable bonds is 9. The SMILES string of the molecule is CC1(C(=O)N[C@@H](Cc2ccc(NC(=O)c3c(Cl)cncc3Cl)cc2)C(=O)O)C[C@@H](N)CN1S(=O)(=O)c1cc(Cl)cc(Cl)c1. The maximum absolute atomic E-state index is 13.6. The van der Waals surface area contributed by atoms with Crippen molar-refractivity contribution in [1.82, 2.24) is 14.6 Å². The summed E-state index contributed by atoms with van der Waals surface area (Å²) in [6, 6.07) is 7.89. The van der Waals surface area contributed by atoms with Gasteiger partial charge in [0, 0.05) is 47.1 Å². The van der Waals surface area contributed by atoms with Gasteiger partial charge < -0.3 is 21.5 Å². The molecule has 0 bridgehead atoms.